The summed E-state index contributed by atoms with van der Waals surface area (Å²) in [6, 6.07) is 8.26. The first-order chi connectivity index (χ1) is 14.5. The normalized spacial score (nSPS) is 20.3. The van der Waals surface area contributed by atoms with Gasteiger partial charge in [0.2, 0.25) is 0 Å². The first-order valence-corrected chi connectivity index (χ1v) is 10.4. The molecule has 0 unspecified atom stereocenters. The number of carbonyl (C=O) groups is 2. The van der Waals surface area contributed by atoms with Crippen LogP contribution in [0.4, 0.5) is 4.79 Å². The highest BCUT2D eigenvalue weighted by molar-refractivity contribution is 6.30. The molecule has 0 aliphatic carbocycles. The fraction of sp³-hybridized carbons (Fsp3) is 0.476. The average molecular weight is 432 g/mol. The number of benzene rings is 1. The zero-order valence-corrected chi connectivity index (χ0v) is 17.7. The Bertz CT molecular complexity index is 841. The molecule has 9 heteroatoms. The number of amides is 2. The third-order valence-electron chi connectivity index (χ3n) is 5.24. The highest BCUT2D eigenvalue weighted by atomic mass is 35.5. The number of carbonyl (C=O) groups excluding carboxylic acids is 2. The molecule has 8 nitrogen and oxygen atoms in total. The van der Waals surface area contributed by atoms with Gasteiger partial charge in [0.15, 0.2) is 0 Å². The monoisotopic (exact) mass is 431 g/mol. The first-order valence-electron chi connectivity index (χ1n) is 10.1. The van der Waals surface area contributed by atoms with E-state index in [9.17, 15) is 9.59 Å². The SMILES string of the molecule is CCOC(=O)C1=C(CN2CCN(CCC#N)CC2)NC(=O)N[C@H]1c1ccc(Cl)cc1. The molecule has 1 atom stereocenters. The van der Waals surface area contributed by atoms with E-state index in [0.717, 1.165) is 38.3 Å². The van der Waals surface area contributed by atoms with Crippen LogP contribution in [0.5, 0.6) is 0 Å². The lowest BCUT2D eigenvalue weighted by Gasteiger charge is -2.36. The Morgan fingerprint density at radius 2 is 1.90 bits per heavy atom. The summed E-state index contributed by atoms with van der Waals surface area (Å²) in [5, 5.41) is 15.0. The van der Waals surface area contributed by atoms with Crippen molar-refractivity contribution in [2.24, 2.45) is 0 Å². The van der Waals surface area contributed by atoms with Crippen LogP contribution >= 0.6 is 11.6 Å². The van der Waals surface area contributed by atoms with Gasteiger partial charge in [-0.2, -0.15) is 5.26 Å². The minimum absolute atomic E-state index is 0.245. The van der Waals surface area contributed by atoms with E-state index < -0.39 is 12.0 Å². The van der Waals surface area contributed by atoms with E-state index in [1.165, 1.54) is 0 Å². The molecule has 2 aliphatic rings. The van der Waals surface area contributed by atoms with Crippen LogP contribution in [0.1, 0.15) is 24.9 Å². The molecule has 1 aromatic carbocycles. The van der Waals surface area contributed by atoms with Gasteiger partial charge in [0.05, 0.1) is 24.3 Å². The summed E-state index contributed by atoms with van der Waals surface area (Å²) >= 11 is 6.00. The van der Waals surface area contributed by atoms with E-state index in [1.807, 2.05) is 0 Å². The van der Waals surface area contributed by atoms with Crippen molar-refractivity contribution in [3.8, 4) is 6.07 Å². The number of hydrogen-bond donors (Lipinski definition) is 2. The zero-order chi connectivity index (χ0) is 21.5. The smallest absolute Gasteiger partial charge is 0.338 e. The number of halogens is 1. The van der Waals surface area contributed by atoms with Crippen molar-refractivity contribution in [3.63, 3.8) is 0 Å². The number of nitrogens with zero attached hydrogens (tertiary/aromatic N) is 3. The average Bonchev–Trinajstić information content (AvgIpc) is 2.73. The Morgan fingerprint density at radius 1 is 1.23 bits per heavy atom. The molecule has 2 N–H and O–H groups in total. The number of rotatable bonds is 7. The molecule has 0 aromatic heterocycles. The summed E-state index contributed by atoms with van der Waals surface area (Å²) in [5.41, 5.74) is 1.73. The summed E-state index contributed by atoms with van der Waals surface area (Å²) in [4.78, 5) is 29.6. The molecule has 160 valence electrons. The Kier molecular flexibility index (Phi) is 7.69. The number of nitrogens with one attached hydrogen (secondary N) is 2. The Labute approximate surface area is 181 Å². The fourth-order valence-corrected chi connectivity index (χ4v) is 3.83. The molecule has 2 amide bonds. The minimum Gasteiger partial charge on any atom is -0.463 e. The predicted octanol–water partition coefficient (Wildman–Crippen LogP) is 2.04. The van der Waals surface area contributed by atoms with Crippen molar-refractivity contribution in [2.45, 2.75) is 19.4 Å². The quantitative estimate of drug-likeness (QED) is 0.641. The number of nitriles is 1. The maximum atomic E-state index is 12.8. The third kappa shape index (κ3) is 5.51. The van der Waals surface area contributed by atoms with Gasteiger partial charge in [-0.25, -0.2) is 9.59 Å². The van der Waals surface area contributed by atoms with E-state index in [2.05, 4.69) is 26.5 Å². The van der Waals surface area contributed by atoms with Crippen LogP contribution in [0, 0.1) is 11.3 Å². The second-order valence-electron chi connectivity index (χ2n) is 7.22. The van der Waals surface area contributed by atoms with Crippen molar-refractivity contribution < 1.29 is 14.3 Å². The first kappa shape index (κ1) is 22.1. The topological polar surface area (TPSA) is 97.7 Å². The molecule has 2 heterocycles. The van der Waals surface area contributed by atoms with Gasteiger partial charge < -0.3 is 15.4 Å². The minimum atomic E-state index is -0.609. The molecule has 3 rings (SSSR count). The van der Waals surface area contributed by atoms with Gasteiger partial charge in [0.25, 0.3) is 0 Å². The van der Waals surface area contributed by atoms with Gasteiger partial charge in [-0.05, 0) is 24.6 Å². The van der Waals surface area contributed by atoms with Crippen LogP contribution in [0.2, 0.25) is 5.02 Å². The van der Waals surface area contributed by atoms with Gasteiger partial charge in [-0.15, -0.1) is 0 Å². The number of urea groups is 1. The van der Waals surface area contributed by atoms with Crippen molar-refractivity contribution in [3.05, 3.63) is 46.1 Å². The van der Waals surface area contributed by atoms with Crippen LogP contribution in [-0.2, 0) is 9.53 Å². The molecule has 0 saturated carbocycles. The predicted molar refractivity (Wildman–Crippen MR) is 113 cm³/mol. The van der Waals surface area contributed by atoms with Crippen molar-refractivity contribution in [2.75, 3.05) is 45.9 Å². The van der Waals surface area contributed by atoms with Gasteiger partial charge in [-0.3, -0.25) is 9.80 Å². The number of ether oxygens (including phenoxy) is 1. The van der Waals surface area contributed by atoms with Crippen molar-refractivity contribution >= 4 is 23.6 Å². The maximum Gasteiger partial charge on any atom is 0.338 e. The number of esters is 1. The molecule has 0 bridgehead atoms. The molecule has 2 aliphatic heterocycles. The van der Waals surface area contributed by atoms with Gasteiger partial charge in [0, 0.05) is 56.4 Å². The van der Waals surface area contributed by atoms with Crippen LogP contribution in [0.15, 0.2) is 35.5 Å². The van der Waals surface area contributed by atoms with E-state index >= 15 is 0 Å². The lowest BCUT2D eigenvalue weighted by atomic mass is 9.95. The lowest BCUT2D eigenvalue weighted by molar-refractivity contribution is -0.139. The zero-order valence-electron chi connectivity index (χ0n) is 17.0. The largest absolute Gasteiger partial charge is 0.463 e. The van der Waals surface area contributed by atoms with E-state index in [1.54, 1.807) is 31.2 Å². The molecule has 0 spiro atoms. The fourth-order valence-electron chi connectivity index (χ4n) is 3.70. The molecule has 1 saturated heterocycles. The van der Waals surface area contributed by atoms with Crippen molar-refractivity contribution in [1.82, 2.24) is 20.4 Å². The highest BCUT2D eigenvalue weighted by Crippen LogP contribution is 2.29. The molecule has 1 aromatic rings. The van der Waals surface area contributed by atoms with E-state index in [4.69, 9.17) is 21.6 Å². The molecular weight excluding hydrogens is 406 g/mol. The Hall–Kier alpha value is -2.60. The molecule has 30 heavy (non-hydrogen) atoms. The summed E-state index contributed by atoms with van der Waals surface area (Å²) in [5.74, 6) is -0.451. The molecule has 0 radical (unpaired) electrons. The Morgan fingerprint density at radius 3 is 2.53 bits per heavy atom. The summed E-state index contributed by atoms with van der Waals surface area (Å²) in [6.07, 6.45) is 0.517. The highest BCUT2D eigenvalue weighted by Gasteiger charge is 2.34. The molecule has 1 fully saturated rings. The van der Waals surface area contributed by atoms with Crippen LogP contribution in [-0.4, -0.2) is 67.7 Å². The standard InChI is InChI=1S/C21H26ClN5O3/c1-2-30-20(28)18-17(14-27-12-10-26(11-13-27)9-3-8-23)24-21(29)25-19(18)15-4-6-16(22)7-5-15/h4-7,19H,2-3,9-14H2,1H3,(H2,24,25,29)/t19-/m0/s1. The second-order valence-corrected chi connectivity index (χ2v) is 7.66. The Balaban J connectivity index is 1.83. The summed E-state index contributed by atoms with van der Waals surface area (Å²) < 4.78 is 5.30. The lowest BCUT2D eigenvalue weighted by Crippen LogP contribution is -2.51. The second kappa shape index (κ2) is 10.4. The number of hydrogen-bond acceptors (Lipinski definition) is 6. The van der Waals surface area contributed by atoms with Crippen LogP contribution in [0.25, 0.3) is 0 Å². The van der Waals surface area contributed by atoms with Crippen LogP contribution < -0.4 is 10.6 Å². The van der Waals surface area contributed by atoms with E-state index in [-0.39, 0.29) is 12.6 Å². The van der Waals surface area contributed by atoms with Gasteiger partial charge in [0.1, 0.15) is 0 Å². The summed E-state index contributed by atoms with van der Waals surface area (Å²) in [7, 11) is 0. The van der Waals surface area contributed by atoms with E-state index in [0.29, 0.717) is 29.3 Å². The maximum absolute atomic E-state index is 12.8. The third-order valence-corrected chi connectivity index (χ3v) is 5.49. The van der Waals surface area contributed by atoms with Gasteiger partial charge >= 0.3 is 12.0 Å². The molecular formula is C21H26ClN5O3. The number of piperazine rings is 1. The summed E-state index contributed by atoms with van der Waals surface area (Å²) in [6.45, 7) is 6.48. The van der Waals surface area contributed by atoms with Crippen LogP contribution in [0.3, 0.4) is 0 Å². The van der Waals surface area contributed by atoms with Gasteiger partial charge in [-0.1, -0.05) is 23.7 Å². The van der Waals surface area contributed by atoms with Crippen molar-refractivity contribution in [1.29, 1.82) is 5.26 Å².